The van der Waals surface area contributed by atoms with Crippen LogP contribution >= 0.6 is 15.9 Å². The molecule has 0 fully saturated rings. The number of nitrogens with one attached hydrogen (secondary N) is 1. The van der Waals surface area contributed by atoms with Crippen molar-refractivity contribution in [3.05, 3.63) is 58.0 Å². The highest BCUT2D eigenvalue weighted by Gasteiger charge is 2.16. The van der Waals surface area contributed by atoms with E-state index >= 15 is 0 Å². The molecule has 0 spiro atoms. The Morgan fingerprint density at radius 2 is 1.85 bits per heavy atom. The van der Waals surface area contributed by atoms with Crippen molar-refractivity contribution >= 4 is 15.9 Å². The van der Waals surface area contributed by atoms with E-state index in [0.717, 1.165) is 17.6 Å². The molecule has 2 rings (SSSR count). The van der Waals surface area contributed by atoms with Gasteiger partial charge in [0.15, 0.2) is 4.67 Å². The minimum atomic E-state index is 0.276. The van der Waals surface area contributed by atoms with Crippen molar-refractivity contribution in [1.82, 2.24) is 5.32 Å². The summed E-state index contributed by atoms with van der Waals surface area (Å²) < 4.78 is 6.18. The molecule has 1 aromatic carbocycles. The van der Waals surface area contributed by atoms with E-state index in [1.165, 1.54) is 16.7 Å². The molecule has 3 heteroatoms. The molecular formula is C17H22BrNO. The van der Waals surface area contributed by atoms with E-state index in [0.29, 0.717) is 5.92 Å². The van der Waals surface area contributed by atoms with Gasteiger partial charge in [-0.25, -0.2) is 0 Å². The summed E-state index contributed by atoms with van der Waals surface area (Å²) in [7, 11) is 0. The molecule has 2 nitrogen and oxygen atoms in total. The van der Waals surface area contributed by atoms with E-state index in [4.69, 9.17) is 4.42 Å². The normalized spacial score (nSPS) is 12.8. The zero-order valence-electron chi connectivity index (χ0n) is 12.3. The van der Waals surface area contributed by atoms with Gasteiger partial charge in [0.1, 0.15) is 0 Å². The zero-order chi connectivity index (χ0) is 14.5. The molecule has 0 aliphatic heterocycles. The van der Waals surface area contributed by atoms with Crippen LogP contribution in [0.4, 0.5) is 0 Å². The monoisotopic (exact) mass is 335 g/mol. The maximum Gasteiger partial charge on any atom is 0.173 e. The van der Waals surface area contributed by atoms with Gasteiger partial charge in [0.2, 0.25) is 0 Å². The fourth-order valence-corrected chi connectivity index (χ4v) is 2.88. The topological polar surface area (TPSA) is 25.2 Å². The van der Waals surface area contributed by atoms with E-state index in [1.807, 2.05) is 6.07 Å². The molecule has 2 aromatic rings. The molecule has 20 heavy (non-hydrogen) atoms. The second-order valence-corrected chi connectivity index (χ2v) is 6.08. The highest BCUT2D eigenvalue weighted by atomic mass is 79.9. The molecule has 0 bridgehead atoms. The van der Waals surface area contributed by atoms with Gasteiger partial charge in [-0.15, -0.1) is 0 Å². The first-order chi connectivity index (χ1) is 9.61. The Morgan fingerprint density at radius 1 is 1.15 bits per heavy atom. The summed E-state index contributed by atoms with van der Waals surface area (Å²) in [4.78, 5) is 0. The van der Waals surface area contributed by atoms with Gasteiger partial charge in [-0.2, -0.15) is 0 Å². The number of halogens is 1. The SMILES string of the molecule is CCNC(Cc1ccc(C(C)C)cc1)c1ccoc1Br. The summed E-state index contributed by atoms with van der Waals surface area (Å²) in [5.74, 6) is 0.580. The third-order valence-corrected chi connectivity index (χ3v) is 4.20. The van der Waals surface area contributed by atoms with E-state index < -0.39 is 0 Å². The van der Waals surface area contributed by atoms with Crippen LogP contribution in [0, 0.1) is 0 Å². The molecule has 1 atom stereocenters. The predicted octanol–water partition coefficient (Wildman–Crippen LogP) is 5.06. The van der Waals surface area contributed by atoms with Crippen LogP contribution in [0.25, 0.3) is 0 Å². The van der Waals surface area contributed by atoms with Gasteiger partial charge in [-0.3, -0.25) is 0 Å². The highest BCUT2D eigenvalue weighted by molar-refractivity contribution is 9.10. The van der Waals surface area contributed by atoms with Crippen LogP contribution in [0.15, 0.2) is 45.7 Å². The molecule has 0 radical (unpaired) electrons. The summed E-state index contributed by atoms with van der Waals surface area (Å²) >= 11 is 3.47. The van der Waals surface area contributed by atoms with Crippen LogP contribution in [-0.4, -0.2) is 6.54 Å². The third-order valence-electron chi connectivity index (χ3n) is 3.56. The Balaban J connectivity index is 2.14. The standard InChI is InChI=1S/C17H22BrNO/c1-4-19-16(15-9-10-20-17(15)18)11-13-5-7-14(8-6-13)12(2)3/h5-10,12,16,19H,4,11H2,1-3H3. The molecule has 1 unspecified atom stereocenters. The minimum absolute atomic E-state index is 0.276. The van der Waals surface area contributed by atoms with E-state index in [9.17, 15) is 0 Å². The van der Waals surface area contributed by atoms with E-state index in [1.54, 1.807) is 6.26 Å². The molecule has 108 valence electrons. The number of benzene rings is 1. The molecule has 0 amide bonds. The highest BCUT2D eigenvalue weighted by Crippen LogP contribution is 2.27. The van der Waals surface area contributed by atoms with Crippen molar-refractivity contribution in [1.29, 1.82) is 0 Å². The first-order valence-corrected chi connectivity index (χ1v) is 7.96. The Kier molecular flexibility index (Phi) is 5.44. The Labute approximate surface area is 129 Å². The Hall–Kier alpha value is -1.06. The van der Waals surface area contributed by atoms with Crippen LogP contribution < -0.4 is 5.32 Å². The average Bonchev–Trinajstić information content (AvgIpc) is 2.85. The van der Waals surface area contributed by atoms with Crippen molar-refractivity contribution in [2.24, 2.45) is 0 Å². The molecule has 0 saturated heterocycles. The number of rotatable bonds is 6. The van der Waals surface area contributed by atoms with Gasteiger partial charge in [0.25, 0.3) is 0 Å². The zero-order valence-corrected chi connectivity index (χ0v) is 13.9. The first kappa shape index (κ1) is 15.3. The smallest absolute Gasteiger partial charge is 0.173 e. The lowest BCUT2D eigenvalue weighted by Crippen LogP contribution is -2.22. The number of hydrogen-bond acceptors (Lipinski definition) is 2. The van der Waals surface area contributed by atoms with E-state index in [2.05, 4.69) is 66.3 Å². The maximum atomic E-state index is 5.36. The summed E-state index contributed by atoms with van der Waals surface area (Å²) in [5, 5.41) is 3.52. The third kappa shape index (κ3) is 3.74. The van der Waals surface area contributed by atoms with Gasteiger partial charge in [0.05, 0.1) is 6.26 Å². The predicted molar refractivity (Wildman–Crippen MR) is 87.1 cm³/mol. The van der Waals surface area contributed by atoms with Gasteiger partial charge < -0.3 is 9.73 Å². The van der Waals surface area contributed by atoms with Gasteiger partial charge in [-0.05, 0) is 52.0 Å². The van der Waals surface area contributed by atoms with Crippen LogP contribution in [0.1, 0.15) is 49.4 Å². The second-order valence-electron chi connectivity index (χ2n) is 5.36. The molecule has 1 aromatic heterocycles. The van der Waals surface area contributed by atoms with Crippen LogP contribution in [-0.2, 0) is 6.42 Å². The fourth-order valence-electron chi connectivity index (χ4n) is 2.37. The van der Waals surface area contributed by atoms with Crippen LogP contribution in [0.5, 0.6) is 0 Å². The summed E-state index contributed by atoms with van der Waals surface area (Å²) in [6, 6.07) is 11.2. The lowest BCUT2D eigenvalue weighted by atomic mass is 9.97. The number of hydrogen-bond donors (Lipinski definition) is 1. The first-order valence-electron chi connectivity index (χ1n) is 7.17. The minimum Gasteiger partial charge on any atom is -0.457 e. The summed E-state index contributed by atoms with van der Waals surface area (Å²) in [5.41, 5.74) is 3.91. The fraction of sp³-hybridized carbons (Fsp3) is 0.412. The van der Waals surface area contributed by atoms with Gasteiger partial charge >= 0.3 is 0 Å². The molecule has 0 aliphatic rings. The van der Waals surface area contributed by atoms with Crippen molar-refractivity contribution in [3.8, 4) is 0 Å². The maximum absolute atomic E-state index is 5.36. The van der Waals surface area contributed by atoms with Crippen molar-refractivity contribution < 1.29 is 4.42 Å². The number of furan rings is 1. The average molecular weight is 336 g/mol. The summed E-state index contributed by atoms with van der Waals surface area (Å²) in [6.07, 6.45) is 2.69. The molecule has 0 saturated carbocycles. The van der Waals surface area contributed by atoms with Gasteiger partial charge in [0, 0.05) is 11.6 Å². The lowest BCUT2D eigenvalue weighted by Gasteiger charge is -2.17. The van der Waals surface area contributed by atoms with Crippen LogP contribution in [0.2, 0.25) is 0 Å². The van der Waals surface area contributed by atoms with Gasteiger partial charge in [-0.1, -0.05) is 45.0 Å². The summed E-state index contributed by atoms with van der Waals surface area (Å²) in [6.45, 7) is 7.51. The number of likely N-dealkylation sites (N-methyl/N-ethyl adjacent to an activating group) is 1. The van der Waals surface area contributed by atoms with Crippen LogP contribution in [0.3, 0.4) is 0 Å². The molecule has 1 heterocycles. The quantitative estimate of drug-likeness (QED) is 0.798. The molecule has 0 aliphatic carbocycles. The van der Waals surface area contributed by atoms with Crippen molar-refractivity contribution in [2.45, 2.75) is 39.2 Å². The lowest BCUT2D eigenvalue weighted by molar-refractivity contribution is 0.506. The van der Waals surface area contributed by atoms with Crippen molar-refractivity contribution in [2.75, 3.05) is 6.54 Å². The molecule has 1 N–H and O–H groups in total. The Morgan fingerprint density at radius 3 is 2.35 bits per heavy atom. The molecular weight excluding hydrogens is 314 g/mol. The van der Waals surface area contributed by atoms with E-state index in [-0.39, 0.29) is 6.04 Å². The second kappa shape index (κ2) is 7.09. The Bertz CT molecular complexity index is 530. The largest absolute Gasteiger partial charge is 0.457 e. The van der Waals surface area contributed by atoms with Crippen molar-refractivity contribution in [3.63, 3.8) is 0 Å².